The zero-order chi connectivity index (χ0) is 13.8. The second-order valence-electron chi connectivity index (χ2n) is 4.43. The van der Waals surface area contributed by atoms with Gasteiger partial charge in [-0.3, -0.25) is 4.79 Å². The Kier molecular flexibility index (Phi) is 5.00. The highest BCUT2D eigenvalue weighted by molar-refractivity contribution is 8.02. The lowest BCUT2D eigenvalue weighted by Gasteiger charge is -2.35. The van der Waals surface area contributed by atoms with Gasteiger partial charge in [0.15, 0.2) is 4.34 Å². The number of thioether (sulfide) groups is 1. The van der Waals surface area contributed by atoms with Crippen LogP contribution in [0.1, 0.15) is 13.8 Å². The first kappa shape index (κ1) is 14.5. The van der Waals surface area contributed by atoms with Gasteiger partial charge in [-0.1, -0.05) is 30.0 Å². The van der Waals surface area contributed by atoms with Crippen molar-refractivity contribution in [2.24, 2.45) is 0 Å². The first-order valence-corrected chi connectivity index (χ1v) is 8.06. The average molecular weight is 301 g/mol. The number of hydrogen-bond donors (Lipinski definition) is 1. The zero-order valence-corrected chi connectivity index (χ0v) is 12.8. The molecule has 6 nitrogen and oxygen atoms in total. The predicted molar refractivity (Wildman–Crippen MR) is 78.3 cm³/mol. The summed E-state index contributed by atoms with van der Waals surface area (Å²) in [5.74, 6) is 0.175. The Bertz CT molecular complexity index is 430. The molecule has 1 atom stereocenters. The number of amides is 1. The molecule has 0 bridgehead atoms. The van der Waals surface area contributed by atoms with Crippen LogP contribution in [0.4, 0.5) is 5.13 Å². The molecule has 2 rings (SSSR count). The van der Waals surface area contributed by atoms with Gasteiger partial charge in [0.1, 0.15) is 0 Å². The third kappa shape index (κ3) is 3.80. The molecule has 2 N–H and O–H groups in total. The molecule has 1 aliphatic heterocycles. The Morgan fingerprint density at radius 2 is 2.11 bits per heavy atom. The van der Waals surface area contributed by atoms with Crippen molar-refractivity contribution in [3.05, 3.63) is 0 Å². The highest BCUT2D eigenvalue weighted by atomic mass is 32.2. The van der Waals surface area contributed by atoms with Crippen molar-refractivity contribution in [3.8, 4) is 0 Å². The van der Waals surface area contributed by atoms with Crippen LogP contribution in [-0.2, 0) is 4.79 Å². The first-order valence-electron chi connectivity index (χ1n) is 6.37. The van der Waals surface area contributed by atoms with Gasteiger partial charge in [0.05, 0.1) is 5.25 Å². The highest BCUT2D eigenvalue weighted by Crippen LogP contribution is 2.28. The van der Waals surface area contributed by atoms with Crippen molar-refractivity contribution in [1.29, 1.82) is 0 Å². The summed E-state index contributed by atoms with van der Waals surface area (Å²) in [4.78, 5) is 16.6. The van der Waals surface area contributed by atoms with E-state index < -0.39 is 0 Å². The summed E-state index contributed by atoms with van der Waals surface area (Å²) in [6.45, 7) is 8.67. The quantitative estimate of drug-likeness (QED) is 0.828. The fourth-order valence-electron chi connectivity index (χ4n) is 2.01. The van der Waals surface area contributed by atoms with E-state index in [1.165, 1.54) is 23.1 Å². The number of piperazine rings is 1. The van der Waals surface area contributed by atoms with Crippen molar-refractivity contribution in [2.45, 2.75) is 23.4 Å². The third-order valence-corrected chi connectivity index (χ3v) is 5.10. The van der Waals surface area contributed by atoms with Crippen LogP contribution in [0, 0.1) is 0 Å². The molecule has 1 aromatic rings. The van der Waals surface area contributed by atoms with Crippen LogP contribution < -0.4 is 5.73 Å². The van der Waals surface area contributed by atoms with Gasteiger partial charge in [-0.2, -0.15) is 0 Å². The minimum Gasteiger partial charge on any atom is -0.374 e. The van der Waals surface area contributed by atoms with E-state index in [1.807, 2.05) is 11.8 Å². The molecule has 106 valence electrons. The summed E-state index contributed by atoms with van der Waals surface area (Å²) < 4.78 is 0.755. The maximum atomic E-state index is 12.3. The van der Waals surface area contributed by atoms with Crippen LogP contribution >= 0.6 is 23.1 Å². The lowest BCUT2D eigenvalue weighted by molar-refractivity contribution is -0.132. The molecule has 0 unspecified atom stereocenters. The summed E-state index contributed by atoms with van der Waals surface area (Å²) in [7, 11) is 0. The Hall–Kier alpha value is -0.860. The van der Waals surface area contributed by atoms with Gasteiger partial charge < -0.3 is 15.5 Å². The van der Waals surface area contributed by atoms with Gasteiger partial charge in [0.25, 0.3) is 0 Å². The van der Waals surface area contributed by atoms with E-state index in [4.69, 9.17) is 5.73 Å². The van der Waals surface area contributed by atoms with E-state index in [2.05, 4.69) is 22.0 Å². The molecule has 1 saturated heterocycles. The summed E-state index contributed by atoms with van der Waals surface area (Å²) >= 11 is 2.76. The van der Waals surface area contributed by atoms with E-state index in [0.717, 1.165) is 37.1 Å². The Balaban J connectivity index is 1.85. The molecule has 1 fully saturated rings. The van der Waals surface area contributed by atoms with E-state index in [9.17, 15) is 4.79 Å². The molecule has 0 radical (unpaired) electrons. The van der Waals surface area contributed by atoms with E-state index in [1.54, 1.807) is 0 Å². The topological polar surface area (TPSA) is 75.3 Å². The molecular formula is C11H19N5OS2. The average Bonchev–Trinajstić information content (AvgIpc) is 2.83. The zero-order valence-electron chi connectivity index (χ0n) is 11.2. The number of rotatable bonds is 4. The van der Waals surface area contributed by atoms with Crippen molar-refractivity contribution >= 4 is 34.1 Å². The van der Waals surface area contributed by atoms with E-state index in [-0.39, 0.29) is 11.2 Å². The summed E-state index contributed by atoms with van der Waals surface area (Å²) in [6, 6.07) is 0. The predicted octanol–water partition coefficient (Wildman–Crippen LogP) is 0.765. The summed E-state index contributed by atoms with van der Waals surface area (Å²) in [6.07, 6.45) is 0. The van der Waals surface area contributed by atoms with Crippen LogP contribution in [-0.4, -0.2) is 63.9 Å². The number of carbonyl (C=O) groups excluding carboxylic acids is 1. The van der Waals surface area contributed by atoms with E-state index in [0.29, 0.717) is 5.13 Å². The standard InChI is InChI=1S/C11H19N5OS2/c1-3-15-4-6-16(7-5-15)9(17)8(2)18-11-14-13-10(12)19-11/h8H,3-7H2,1-2H3,(H2,12,13)/t8-/m1/s1. The normalized spacial score (nSPS) is 18.5. The van der Waals surface area contributed by atoms with Crippen LogP contribution in [0.25, 0.3) is 0 Å². The number of nitrogen functional groups attached to an aromatic ring is 1. The van der Waals surface area contributed by atoms with Crippen LogP contribution in [0.2, 0.25) is 0 Å². The van der Waals surface area contributed by atoms with Gasteiger partial charge in [-0.15, -0.1) is 10.2 Å². The minimum atomic E-state index is -0.138. The maximum absolute atomic E-state index is 12.3. The van der Waals surface area contributed by atoms with Crippen molar-refractivity contribution in [3.63, 3.8) is 0 Å². The largest absolute Gasteiger partial charge is 0.374 e. The molecular weight excluding hydrogens is 282 g/mol. The van der Waals surface area contributed by atoms with Gasteiger partial charge in [0.2, 0.25) is 11.0 Å². The first-order chi connectivity index (χ1) is 9.10. The van der Waals surface area contributed by atoms with Crippen molar-refractivity contribution < 1.29 is 4.79 Å². The van der Waals surface area contributed by atoms with Crippen molar-refractivity contribution in [2.75, 3.05) is 38.5 Å². The van der Waals surface area contributed by atoms with Gasteiger partial charge >= 0.3 is 0 Å². The fourth-order valence-corrected chi connectivity index (χ4v) is 3.88. The second-order valence-corrected chi connectivity index (χ2v) is 7.02. The van der Waals surface area contributed by atoms with E-state index >= 15 is 0 Å². The lowest BCUT2D eigenvalue weighted by atomic mass is 10.3. The minimum absolute atomic E-state index is 0.138. The number of nitrogens with zero attached hydrogens (tertiary/aromatic N) is 4. The monoisotopic (exact) mass is 301 g/mol. The van der Waals surface area contributed by atoms with Gasteiger partial charge in [-0.05, 0) is 13.5 Å². The number of carbonyl (C=O) groups is 1. The number of nitrogens with two attached hydrogens (primary N) is 1. The summed E-state index contributed by atoms with van der Waals surface area (Å²) in [5.41, 5.74) is 5.53. The van der Waals surface area contributed by atoms with Gasteiger partial charge in [0, 0.05) is 26.2 Å². The Morgan fingerprint density at radius 1 is 1.42 bits per heavy atom. The number of aromatic nitrogens is 2. The fraction of sp³-hybridized carbons (Fsp3) is 0.727. The molecule has 1 aliphatic rings. The van der Waals surface area contributed by atoms with Crippen LogP contribution in [0.15, 0.2) is 4.34 Å². The maximum Gasteiger partial charge on any atom is 0.235 e. The molecule has 0 spiro atoms. The number of hydrogen-bond acceptors (Lipinski definition) is 7. The molecule has 2 heterocycles. The number of likely N-dealkylation sites (N-methyl/N-ethyl adjacent to an activating group) is 1. The third-order valence-electron chi connectivity index (χ3n) is 3.18. The lowest BCUT2D eigenvalue weighted by Crippen LogP contribution is -2.50. The Labute approximate surface area is 121 Å². The highest BCUT2D eigenvalue weighted by Gasteiger charge is 2.25. The second kappa shape index (κ2) is 6.53. The molecule has 0 aliphatic carbocycles. The van der Waals surface area contributed by atoms with Gasteiger partial charge in [-0.25, -0.2) is 0 Å². The molecule has 8 heteroatoms. The summed E-state index contributed by atoms with van der Waals surface area (Å²) in [5, 5.41) is 8.00. The molecule has 1 aromatic heterocycles. The van der Waals surface area contributed by atoms with Crippen molar-refractivity contribution in [1.82, 2.24) is 20.0 Å². The van der Waals surface area contributed by atoms with Crippen LogP contribution in [0.3, 0.4) is 0 Å². The molecule has 1 amide bonds. The Morgan fingerprint density at radius 3 is 2.63 bits per heavy atom. The molecule has 0 aromatic carbocycles. The molecule has 19 heavy (non-hydrogen) atoms. The van der Waals surface area contributed by atoms with Crippen LogP contribution in [0.5, 0.6) is 0 Å². The number of anilines is 1. The molecule has 0 saturated carbocycles. The SMILES string of the molecule is CCN1CCN(C(=O)[C@@H](C)Sc2nnc(N)s2)CC1. The smallest absolute Gasteiger partial charge is 0.235 e.